The van der Waals surface area contributed by atoms with Crippen molar-refractivity contribution in [1.82, 2.24) is 5.32 Å². The number of rotatable bonds is 9. The Balaban J connectivity index is 1.82. The molecule has 3 N–H and O–H groups in total. The van der Waals surface area contributed by atoms with Crippen LogP contribution in [0.3, 0.4) is 0 Å². The van der Waals surface area contributed by atoms with E-state index in [9.17, 15) is 14.4 Å². The predicted octanol–water partition coefficient (Wildman–Crippen LogP) is 0.765. The van der Waals surface area contributed by atoms with Gasteiger partial charge < -0.3 is 15.5 Å². The van der Waals surface area contributed by atoms with Gasteiger partial charge in [-0.05, 0) is 38.0 Å². The highest BCUT2D eigenvalue weighted by atomic mass is 16.2. The van der Waals surface area contributed by atoms with Gasteiger partial charge >= 0.3 is 0 Å². The number of ketones is 1. The molecule has 2 amide bonds. The Hall–Kier alpha value is -2.99. The summed E-state index contributed by atoms with van der Waals surface area (Å²) in [5, 5.41) is 5.60. The molecule has 28 heavy (non-hydrogen) atoms. The number of aryl methyl sites for hydroxylation is 1. The van der Waals surface area contributed by atoms with E-state index < -0.39 is 6.04 Å². The summed E-state index contributed by atoms with van der Waals surface area (Å²) in [6, 6.07) is 16.5. The molecule has 0 saturated carbocycles. The quantitative estimate of drug-likeness (QED) is 0.599. The van der Waals surface area contributed by atoms with E-state index in [-0.39, 0.29) is 30.7 Å². The third-order valence-electron chi connectivity index (χ3n) is 4.37. The Bertz CT molecular complexity index is 804. The van der Waals surface area contributed by atoms with Crippen LogP contribution in [0.2, 0.25) is 0 Å². The molecule has 2 rings (SSSR count). The highest BCUT2D eigenvalue weighted by Crippen LogP contribution is 2.07. The molecule has 0 aromatic heterocycles. The van der Waals surface area contributed by atoms with Crippen molar-refractivity contribution in [3.63, 3.8) is 0 Å². The summed E-state index contributed by atoms with van der Waals surface area (Å²) in [4.78, 5) is 37.1. The third kappa shape index (κ3) is 7.32. The smallest absolute Gasteiger partial charge is 0.279 e. The van der Waals surface area contributed by atoms with Gasteiger partial charge in [0.15, 0.2) is 18.9 Å². The maximum Gasteiger partial charge on any atom is 0.279 e. The number of carbonyl (C=O) groups is 3. The van der Waals surface area contributed by atoms with Crippen LogP contribution in [0.1, 0.15) is 18.1 Å². The lowest BCUT2D eigenvalue weighted by Gasteiger charge is -2.18. The lowest BCUT2D eigenvalue weighted by molar-refractivity contribution is -0.862. The first-order chi connectivity index (χ1) is 13.3. The number of hydrogen-bond acceptors (Lipinski definition) is 3. The molecular weight excluding hydrogens is 354 g/mol. The van der Waals surface area contributed by atoms with Crippen LogP contribution in [-0.2, 0) is 20.8 Å². The van der Waals surface area contributed by atoms with Gasteiger partial charge in [0.05, 0.1) is 13.1 Å². The summed E-state index contributed by atoms with van der Waals surface area (Å²) in [5.41, 5.74) is 2.83. The summed E-state index contributed by atoms with van der Waals surface area (Å²) in [5.74, 6) is -0.509. The maximum absolute atomic E-state index is 12.3. The second kappa shape index (κ2) is 10.4. The fourth-order valence-electron chi connectivity index (χ4n) is 2.84. The Morgan fingerprint density at radius 1 is 0.929 bits per heavy atom. The van der Waals surface area contributed by atoms with Gasteiger partial charge in [-0.25, -0.2) is 0 Å². The molecule has 0 aliphatic heterocycles. The molecule has 1 unspecified atom stereocenters. The molecule has 148 valence electrons. The van der Waals surface area contributed by atoms with E-state index in [1.807, 2.05) is 61.5 Å². The minimum absolute atomic E-state index is 0.0908. The summed E-state index contributed by atoms with van der Waals surface area (Å²) >= 11 is 0. The third-order valence-corrected chi connectivity index (χ3v) is 4.37. The zero-order valence-corrected chi connectivity index (χ0v) is 16.6. The number of Topliss-reactive ketones (excluding diaryl/α,β-unsaturated/α-hetero) is 1. The van der Waals surface area contributed by atoms with E-state index in [4.69, 9.17) is 0 Å². The molecule has 0 radical (unpaired) electrons. The summed E-state index contributed by atoms with van der Waals surface area (Å²) in [7, 11) is 1.77. The van der Waals surface area contributed by atoms with Crippen molar-refractivity contribution in [2.45, 2.75) is 26.3 Å². The molecule has 0 aliphatic rings. The van der Waals surface area contributed by atoms with Crippen molar-refractivity contribution in [3.8, 4) is 0 Å². The number of quaternary nitrogens is 1. The Labute approximate surface area is 165 Å². The predicted molar refractivity (Wildman–Crippen MR) is 109 cm³/mol. The summed E-state index contributed by atoms with van der Waals surface area (Å²) in [6.07, 6.45) is 0.453. The van der Waals surface area contributed by atoms with Crippen LogP contribution in [0.5, 0.6) is 0 Å². The van der Waals surface area contributed by atoms with E-state index in [1.165, 1.54) is 6.92 Å². The minimum atomic E-state index is -0.566. The zero-order valence-electron chi connectivity index (χ0n) is 16.6. The van der Waals surface area contributed by atoms with Crippen LogP contribution in [0.15, 0.2) is 54.6 Å². The molecule has 0 bridgehead atoms. The van der Waals surface area contributed by atoms with Gasteiger partial charge in [0, 0.05) is 5.69 Å². The Morgan fingerprint density at radius 2 is 1.54 bits per heavy atom. The largest absolute Gasteiger partial charge is 0.341 e. The zero-order chi connectivity index (χ0) is 20.5. The van der Waals surface area contributed by atoms with Crippen LogP contribution in [-0.4, -0.2) is 43.8 Å². The van der Waals surface area contributed by atoms with Crippen LogP contribution in [0, 0.1) is 6.92 Å². The average molecular weight is 382 g/mol. The van der Waals surface area contributed by atoms with Gasteiger partial charge in [0.1, 0.15) is 0 Å². The first-order valence-electron chi connectivity index (χ1n) is 9.35. The van der Waals surface area contributed by atoms with Gasteiger partial charge in [0.2, 0.25) is 0 Å². The second-order valence-corrected chi connectivity index (χ2v) is 7.15. The van der Waals surface area contributed by atoms with Crippen molar-refractivity contribution < 1.29 is 19.3 Å². The molecule has 6 heteroatoms. The summed E-state index contributed by atoms with van der Waals surface area (Å²) in [6.45, 7) is 3.72. The van der Waals surface area contributed by atoms with Crippen molar-refractivity contribution in [3.05, 3.63) is 65.7 Å². The molecule has 2 atom stereocenters. The topological polar surface area (TPSA) is 79.7 Å². The number of likely N-dealkylation sites (N-methyl/N-ethyl adjacent to an activating group) is 1. The molecule has 2 aromatic carbocycles. The molecule has 0 saturated heterocycles. The van der Waals surface area contributed by atoms with E-state index in [2.05, 4.69) is 10.6 Å². The standard InChI is InChI=1S/C22H27N3O3/c1-16-9-11-19(12-10-16)23-21(27)14-25(3)15-22(28)24-20(17(2)26)13-18-7-5-4-6-8-18/h4-12,20H,13-15H2,1-3H3,(H,23,27)(H,24,28)/p+1/t20-/m0/s1. The van der Waals surface area contributed by atoms with Crippen molar-refractivity contribution in [2.75, 3.05) is 25.5 Å². The molecule has 0 spiro atoms. The van der Waals surface area contributed by atoms with Crippen LogP contribution >= 0.6 is 0 Å². The van der Waals surface area contributed by atoms with E-state index in [0.29, 0.717) is 6.42 Å². The minimum Gasteiger partial charge on any atom is -0.341 e. The van der Waals surface area contributed by atoms with Crippen LogP contribution in [0.4, 0.5) is 5.69 Å². The number of amides is 2. The van der Waals surface area contributed by atoms with E-state index in [1.54, 1.807) is 7.05 Å². The molecule has 6 nitrogen and oxygen atoms in total. The number of hydrogen-bond donors (Lipinski definition) is 3. The second-order valence-electron chi connectivity index (χ2n) is 7.15. The van der Waals surface area contributed by atoms with Gasteiger partial charge in [-0.2, -0.15) is 0 Å². The molecule has 0 aliphatic carbocycles. The Morgan fingerprint density at radius 3 is 2.14 bits per heavy atom. The highest BCUT2D eigenvalue weighted by molar-refractivity contribution is 5.91. The first-order valence-corrected chi connectivity index (χ1v) is 9.35. The fourth-order valence-corrected chi connectivity index (χ4v) is 2.84. The van der Waals surface area contributed by atoms with Crippen molar-refractivity contribution >= 4 is 23.3 Å². The Kier molecular flexibility index (Phi) is 7.89. The number of carbonyl (C=O) groups excluding carboxylic acids is 3. The van der Waals surface area contributed by atoms with Crippen molar-refractivity contribution in [1.29, 1.82) is 0 Å². The van der Waals surface area contributed by atoms with Crippen LogP contribution in [0.25, 0.3) is 0 Å². The van der Waals surface area contributed by atoms with E-state index >= 15 is 0 Å². The lowest BCUT2D eigenvalue weighted by Crippen LogP contribution is -3.11. The maximum atomic E-state index is 12.3. The SMILES string of the molecule is CC(=O)[C@H](Cc1ccccc1)NC(=O)C[NH+](C)CC(=O)Nc1ccc(C)cc1. The number of benzene rings is 2. The van der Waals surface area contributed by atoms with Gasteiger partial charge in [-0.1, -0.05) is 48.0 Å². The lowest BCUT2D eigenvalue weighted by atomic mass is 10.0. The van der Waals surface area contributed by atoms with Crippen molar-refractivity contribution in [2.24, 2.45) is 0 Å². The normalized spacial score (nSPS) is 12.7. The molecular formula is C22H28N3O3+. The van der Waals surface area contributed by atoms with Crippen LogP contribution < -0.4 is 15.5 Å². The first kappa shape index (κ1) is 21.3. The van der Waals surface area contributed by atoms with E-state index in [0.717, 1.165) is 21.7 Å². The highest BCUT2D eigenvalue weighted by Gasteiger charge is 2.20. The molecule has 2 aromatic rings. The monoisotopic (exact) mass is 382 g/mol. The average Bonchev–Trinajstić information content (AvgIpc) is 2.63. The number of nitrogens with one attached hydrogen (secondary N) is 3. The van der Waals surface area contributed by atoms with Gasteiger partial charge in [-0.3, -0.25) is 14.4 Å². The fraction of sp³-hybridized carbons (Fsp3) is 0.318. The van der Waals surface area contributed by atoms with Gasteiger partial charge in [0.25, 0.3) is 11.8 Å². The number of anilines is 1. The summed E-state index contributed by atoms with van der Waals surface area (Å²) < 4.78 is 0. The van der Waals surface area contributed by atoms with Gasteiger partial charge in [-0.15, -0.1) is 0 Å². The molecule has 0 fully saturated rings. The molecule has 0 heterocycles.